The van der Waals surface area contributed by atoms with Gasteiger partial charge in [-0.2, -0.15) is 4.31 Å². The summed E-state index contributed by atoms with van der Waals surface area (Å²) in [7, 11) is -3.77. The van der Waals surface area contributed by atoms with Crippen LogP contribution in [0, 0.1) is 11.7 Å². The first-order valence-electron chi connectivity index (χ1n) is 11.7. The third kappa shape index (κ3) is 5.89. The van der Waals surface area contributed by atoms with E-state index >= 15 is 0 Å². The fourth-order valence-electron chi connectivity index (χ4n) is 4.33. The van der Waals surface area contributed by atoms with Crippen molar-refractivity contribution in [1.29, 1.82) is 0 Å². The Morgan fingerprint density at radius 2 is 1.71 bits per heavy atom. The lowest BCUT2D eigenvalue weighted by atomic mass is 9.91. The molecular formula is C27H29FN2O4S. The van der Waals surface area contributed by atoms with Crippen LogP contribution in [0.4, 0.5) is 10.1 Å². The van der Waals surface area contributed by atoms with Gasteiger partial charge in [-0.25, -0.2) is 12.8 Å². The van der Waals surface area contributed by atoms with Crippen molar-refractivity contribution >= 4 is 21.6 Å². The molecule has 1 fully saturated rings. The van der Waals surface area contributed by atoms with Gasteiger partial charge in [0.15, 0.2) is 0 Å². The molecule has 1 aliphatic rings. The van der Waals surface area contributed by atoms with Crippen molar-refractivity contribution < 1.29 is 22.3 Å². The van der Waals surface area contributed by atoms with Crippen molar-refractivity contribution in [3.05, 3.63) is 89.7 Å². The summed E-state index contributed by atoms with van der Waals surface area (Å²) in [4.78, 5) is 12.7. The minimum absolute atomic E-state index is 0.0614. The number of benzene rings is 3. The zero-order chi connectivity index (χ0) is 24.8. The largest absolute Gasteiger partial charge is 0.492 e. The molecule has 0 spiro atoms. The molecule has 6 nitrogen and oxygen atoms in total. The van der Waals surface area contributed by atoms with Crippen molar-refractivity contribution in [1.82, 2.24) is 4.31 Å². The highest BCUT2D eigenvalue weighted by atomic mass is 32.2. The first-order chi connectivity index (χ1) is 16.9. The van der Waals surface area contributed by atoms with Crippen LogP contribution in [0.1, 0.15) is 35.7 Å². The summed E-state index contributed by atoms with van der Waals surface area (Å²) in [5.74, 6) is -0.594. The predicted octanol–water partition coefficient (Wildman–Crippen LogP) is 5.12. The van der Waals surface area contributed by atoms with Gasteiger partial charge in [0.1, 0.15) is 11.6 Å². The zero-order valence-electron chi connectivity index (χ0n) is 19.6. The van der Waals surface area contributed by atoms with Gasteiger partial charge in [-0.05, 0) is 68.0 Å². The number of carbonyl (C=O) groups excluding carboxylic acids is 1. The van der Waals surface area contributed by atoms with Gasteiger partial charge in [0, 0.05) is 13.1 Å². The van der Waals surface area contributed by atoms with Crippen LogP contribution in [0.5, 0.6) is 5.75 Å². The van der Waals surface area contributed by atoms with Crippen molar-refractivity contribution in [2.45, 2.75) is 31.1 Å². The van der Waals surface area contributed by atoms with Gasteiger partial charge in [0.05, 0.1) is 22.8 Å². The Morgan fingerprint density at radius 1 is 1.03 bits per heavy atom. The Bertz CT molecular complexity index is 1270. The van der Waals surface area contributed by atoms with E-state index in [-0.39, 0.29) is 16.1 Å². The molecule has 1 heterocycles. The maximum atomic E-state index is 14.1. The molecule has 0 atom stereocenters. The van der Waals surface area contributed by atoms with Gasteiger partial charge in [-0.1, -0.05) is 42.5 Å². The van der Waals surface area contributed by atoms with Crippen molar-refractivity contribution in [2.24, 2.45) is 5.92 Å². The number of piperidine rings is 1. The average molecular weight is 497 g/mol. The summed E-state index contributed by atoms with van der Waals surface area (Å²) >= 11 is 0. The van der Waals surface area contributed by atoms with E-state index in [0.717, 1.165) is 19.3 Å². The molecule has 1 aliphatic heterocycles. The smallest absolute Gasteiger partial charge is 0.258 e. The van der Waals surface area contributed by atoms with E-state index in [1.54, 1.807) is 13.0 Å². The molecular weight excluding hydrogens is 467 g/mol. The third-order valence-electron chi connectivity index (χ3n) is 6.20. The van der Waals surface area contributed by atoms with Crippen molar-refractivity contribution in [3.8, 4) is 5.75 Å². The fourth-order valence-corrected chi connectivity index (χ4v) is 5.83. The maximum Gasteiger partial charge on any atom is 0.258 e. The zero-order valence-corrected chi connectivity index (χ0v) is 20.4. The second kappa shape index (κ2) is 11.0. The maximum absolute atomic E-state index is 14.1. The Hall–Kier alpha value is -3.23. The van der Waals surface area contributed by atoms with Crippen LogP contribution >= 0.6 is 0 Å². The van der Waals surface area contributed by atoms with E-state index in [2.05, 4.69) is 17.4 Å². The molecule has 0 unspecified atom stereocenters. The molecule has 1 saturated heterocycles. The van der Waals surface area contributed by atoms with E-state index in [4.69, 9.17) is 4.74 Å². The van der Waals surface area contributed by atoms with Gasteiger partial charge in [-0.3, -0.25) is 4.79 Å². The predicted molar refractivity (Wildman–Crippen MR) is 134 cm³/mol. The van der Waals surface area contributed by atoms with E-state index in [1.807, 2.05) is 18.2 Å². The standard InChI is InChI=1S/C27H29FN2O4S/c1-2-34-26-13-12-22(19-25(26)29-27(31)23-10-6-7-11-24(23)28)35(32,33)30-16-14-21(15-17-30)18-20-8-4-3-5-9-20/h3-13,19,21H,2,14-18H2,1H3,(H,29,31). The molecule has 8 heteroatoms. The first kappa shape index (κ1) is 24.9. The molecule has 0 bridgehead atoms. The Balaban J connectivity index is 1.50. The highest BCUT2D eigenvalue weighted by Gasteiger charge is 2.30. The number of ether oxygens (including phenoxy) is 1. The minimum Gasteiger partial charge on any atom is -0.492 e. The van der Waals surface area contributed by atoms with Gasteiger partial charge in [0.25, 0.3) is 5.91 Å². The first-order valence-corrected chi connectivity index (χ1v) is 13.2. The van der Waals surface area contributed by atoms with Crippen LogP contribution in [0.2, 0.25) is 0 Å². The lowest BCUT2D eigenvalue weighted by Gasteiger charge is -2.31. The minimum atomic E-state index is -3.77. The van der Waals surface area contributed by atoms with Gasteiger partial charge in [0.2, 0.25) is 10.0 Å². The summed E-state index contributed by atoms with van der Waals surface area (Å²) in [6, 6.07) is 20.2. The number of hydrogen-bond acceptors (Lipinski definition) is 4. The molecule has 184 valence electrons. The van der Waals surface area contributed by atoms with E-state index < -0.39 is 21.7 Å². The number of nitrogens with zero attached hydrogens (tertiary/aromatic N) is 1. The van der Waals surface area contributed by atoms with Crippen LogP contribution < -0.4 is 10.1 Å². The van der Waals surface area contributed by atoms with Gasteiger partial charge in [-0.15, -0.1) is 0 Å². The monoisotopic (exact) mass is 496 g/mol. The number of sulfonamides is 1. The average Bonchev–Trinajstić information content (AvgIpc) is 2.86. The number of carbonyl (C=O) groups is 1. The van der Waals surface area contributed by atoms with Crippen LogP contribution in [0.3, 0.4) is 0 Å². The van der Waals surface area contributed by atoms with Crippen LogP contribution in [-0.4, -0.2) is 38.3 Å². The molecule has 3 aromatic carbocycles. The summed E-state index contributed by atoms with van der Waals surface area (Å²) in [6.45, 7) is 2.98. The van der Waals surface area contributed by atoms with Crippen LogP contribution in [0.25, 0.3) is 0 Å². The highest BCUT2D eigenvalue weighted by molar-refractivity contribution is 7.89. The third-order valence-corrected chi connectivity index (χ3v) is 8.09. The number of amides is 1. The van der Waals surface area contributed by atoms with Crippen LogP contribution in [0.15, 0.2) is 77.7 Å². The number of hydrogen-bond donors (Lipinski definition) is 1. The van der Waals surface area contributed by atoms with Gasteiger partial charge >= 0.3 is 0 Å². The summed E-state index contributed by atoms with van der Waals surface area (Å²) in [5.41, 5.74) is 1.30. The topological polar surface area (TPSA) is 75.7 Å². The summed E-state index contributed by atoms with van der Waals surface area (Å²) < 4.78 is 47.9. The second-order valence-corrected chi connectivity index (χ2v) is 10.5. The van der Waals surface area contributed by atoms with E-state index in [9.17, 15) is 17.6 Å². The number of rotatable bonds is 8. The molecule has 0 aliphatic carbocycles. The highest BCUT2D eigenvalue weighted by Crippen LogP contribution is 2.32. The normalized spacial score (nSPS) is 15.0. The number of nitrogens with one attached hydrogen (secondary N) is 1. The molecule has 0 radical (unpaired) electrons. The molecule has 1 amide bonds. The quantitative estimate of drug-likeness (QED) is 0.470. The molecule has 0 aromatic heterocycles. The number of halogens is 1. The molecule has 4 rings (SSSR count). The second-order valence-electron chi connectivity index (χ2n) is 8.56. The SMILES string of the molecule is CCOc1ccc(S(=O)(=O)N2CCC(Cc3ccccc3)CC2)cc1NC(=O)c1ccccc1F. The molecule has 35 heavy (non-hydrogen) atoms. The lowest BCUT2D eigenvalue weighted by molar-refractivity contribution is 0.102. The van der Waals surface area contributed by atoms with Gasteiger partial charge < -0.3 is 10.1 Å². The molecule has 0 saturated carbocycles. The molecule has 3 aromatic rings. The fraction of sp³-hybridized carbons (Fsp3) is 0.296. The summed E-state index contributed by atoms with van der Waals surface area (Å²) in [5, 5.41) is 2.62. The van der Waals surface area contributed by atoms with Crippen LogP contribution in [-0.2, 0) is 16.4 Å². The Labute approximate surface area is 205 Å². The lowest BCUT2D eigenvalue weighted by Crippen LogP contribution is -2.38. The molecule has 1 N–H and O–H groups in total. The van der Waals surface area contributed by atoms with Crippen molar-refractivity contribution in [3.63, 3.8) is 0 Å². The van der Waals surface area contributed by atoms with E-state index in [0.29, 0.717) is 31.4 Å². The Morgan fingerprint density at radius 3 is 2.40 bits per heavy atom. The summed E-state index contributed by atoms with van der Waals surface area (Å²) in [6.07, 6.45) is 2.49. The number of anilines is 1. The Kier molecular flexibility index (Phi) is 7.83. The van der Waals surface area contributed by atoms with E-state index in [1.165, 1.54) is 46.3 Å². The van der Waals surface area contributed by atoms with Crippen molar-refractivity contribution in [2.75, 3.05) is 25.0 Å².